The fraction of sp³-hybridized carbons (Fsp3) is 0.565. The predicted molar refractivity (Wildman–Crippen MR) is 125 cm³/mol. The summed E-state index contributed by atoms with van der Waals surface area (Å²) in [6.07, 6.45) is 2.25. The van der Waals surface area contributed by atoms with E-state index in [-0.39, 0.29) is 29.6 Å². The molecule has 0 saturated carbocycles. The van der Waals surface area contributed by atoms with Crippen LogP contribution in [0.5, 0.6) is 0 Å². The minimum absolute atomic E-state index is 0.254. The van der Waals surface area contributed by atoms with Crippen molar-refractivity contribution in [1.29, 1.82) is 0 Å². The van der Waals surface area contributed by atoms with Crippen molar-refractivity contribution < 1.29 is 22.8 Å². The number of alkyl halides is 3. The highest BCUT2D eigenvalue weighted by molar-refractivity contribution is 7.17. The van der Waals surface area contributed by atoms with Crippen LogP contribution < -0.4 is 10.2 Å². The van der Waals surface area contributed by atoms with Crippen LogP contribution in [0.15, 0.2) is 24.3 Å². The molecule has 3 rings (SSSR count). The third-order valence-corrected chi connectivity index (χ3v) is 6.71. The number of amides is 2. The molecular formula is C23H30F3N5O2S. The average Bonchev–Trinajstić information content (AvgIpc) is 3.33. The first-order valence-electron chi connectivity index (χ1n) is 11.6. The molecule has 1 N–H and O–H groups in total. The summed E-state index contributed by atoms with van der Waals surface area (Å²) in [7, 11) is 0. The number of aromatic nitrogens is 2. The molecule has 1 saturated heterocycles. The maximum Gasteiger partial charge on any atom is 0.417 e. The molecule has 11 heteroatoms. The van der Waals surface area contributed by atoms with Gasteiger partial charge in [0.25, 0.3) is 11.8 Å². The molecule has 1 aliphatic rings. The topological polar surface area (TPSA) is 78.4 Å². The van der Waals surface area contributed by atoms with Gasteiger partial charge < -0.3 is 15.1 Å². The van der Waals surface area contributed by atoms with Crippen LogP contribution in [0.1, 0.15) is 71.2 Å². The summed E-state index contributed by atoms with van der Waals surface area (Å²) in [5, 5.41) is 11.8. The van der Waals surface area contributed by atoms with Crippen molar-refractivity contribution in [2.45, 2.75) is 51.6 Å². The Hall–Kier alpha value is -2.69. The Kier molecular flexibility index (Phi) is 9.26. The van der Waals surface area contributed by atoms with Gasteiger partial charge >= 0.3 is 6.18 Å². The molecular weight excluding hydrogens is 467 g/mol. The quantitative estimate of drug-likeness (QED) is 0.485. The van der Waals surface area contributed by atoms with Gasteiger partial charge in [0.05, 0.1) is 11.1 Å². The Morgan fingerprint density at radius 2 is 1.68 bits per heavy atom. The fourth-order valence-corrected chi connectivity index (χ4v) is 4.62. The van der Waals surface area contributed by atoms with Gasteiger partial charge in [-0.05, 0) is 18.6 Å². The van der Waals surface area contributed by atoms with Gasteiger partial charge in [-0.15, -0.1) is 10.2 Å². The molecule has 2 amide bonds. The van der Waals surface area contributed by atoms with Crippen LogP contribution >= 0.6 is 11.3 Å². The van der Waals surface area contributed by atoms with Crippen LogP contribution in [0.2, 0.25) is 0 Å². The first kappa shape index (κ1) is 25.9. The molecule has 7 nitrogen and oxygen atoms in total. The number of unbranched alkanes of at least 4 members (excludes halogenated alkanes) is 5. The highest BCUT2D eigenvalue weighted by Gasteiger charge is 2.36. The lowest BCUT2D eigenvalue weighted by atomic mass is 10.1. The number of hydrogen-bond acceptors (Lipinski definition) is 6. The second-order valence-corrected chi connectivity index (χ2v) is 9.19. The summed E-state index contributed by atoms with van der Waals surface area (Å²) in [4.78, 5) is 28.4. The summed E-state index contributed by atoms with van der Waals surface area (Å²) in [5.41, 5.74) is -1.27. The molecule has 0 spiro atoms. The minimum atomic E-state index is -4.59. The number of hydrogen-bond donors (Lipinski definition) is 1. The monoisotopic (exact) mass is 497 g/mol. The minimum Gasteiger partial charge on any atom is -0.350 e. The molecule has 1 fully saturated rings. The lowest BCUT2D eigenvalue weighted by molar-refractivity contribution is -0.138. The molecule has 0 unspecified atom stereocenters. The average molecular weight is 498 g/mol. The second-order valence-electron chi connectivity index (χ2n) is 8.24. The van der Waals surface area contributed by atoms with Crippen molar-refractivity contribution >= 4 is 28.3 Å². The molecule has 0 atom stereocenters. The van der Waals surface area contributed by atoms with Gasteiger partial charge in [0.15, 0.2) is 0 Å². The van der Waals surface area contributed by atoms with E-state index in [0.717, 1.165) is 18.9 Å². The van der Waals surface area contributed by atoms with Gasteiger partial charge in [0, 0.05) is 32.7 Å². The van der Waals surface area contributed by atoms with Crippen LogP contribution in [0, 0.1) is 0 Å². The fourth-order valence-electron chi connectivity index (χ4n) is 3.81. The Bertz CT molecular complexity index is 958. The summed E-state index contributed by atoms with van der Waals surface area (Å²) < 4.78 is 39.8. The third-order valence-electron chi connectivity index (χ3n) is 5.72. The van der Waals surface area contributed by atoms with E-state index in [9.17, 15) is 22.8 Å². The molecule has 0 bridgehead atoms. The Balaban J connectivity index is 1.48. The first-order chi connectivity index (χ1) is 16.3. The number of anilines is 1. The zero-order valence-electron chi connectivity index (χ0n) is 19.2. The number of nitrogens with one attached hydrogen (secondary N) is 1. The largest absolute Gasteiger partial charge is 0.417 e. The van der Waals surface area contributed by atoms with E-state index in [1.54, 1.807) is 0 Å². The van der Waals surface area contributed by atoms with Crippen LogP contribution in [0.25, 0.3) is 0 Å². The molecule has 1 aromatic carbocycles. The Labute approximate surface area is 201 Å². The number of carbonyl (C=O) groups excluding carboxylic acids is 2. The Morgan fingerprint density at radius 3 is 2.38 bits per heavy atom. The van der Waals surface area contributed by atoms with Crippen molar-refractivity contribution in [3.05, 3.63) is 40.4 Å². The summed E-state index contributed by atoms with van der Waals surface area (Å²) in [6, 6.07) is 4.83. The number of nitrogens with zero attached hydrogens (tertiary/aromatic N) is 4. The lowest BCUT2D eigenvalue weighted by Crippen LogP contribution is -2.49. The number of benzene rings is 1. The zero-order valence-corrected chi connectivity index (χ0v) is 20.1. The molecule has 186 valence electrons. The molecule has 2 aromatic rings. The van der Waals surface area contributed by atoms with Crippen molar-refractivity contribution in [2.75, 3.05) is 37.6 Å². The molecule has 34 heavy (non-hydrogen) atoms. The number of halogens is 3. The highest BCUT2D eigenvalue weighted by Crippen LogP contribution is 2.32. The smallest absolute Gasteiger partial charge is 0.350 e. The van der Waals surface area contributed by atoms with Crippen molar-refractivity contribution in [3.63, 3.8) is 0 Å². The third kappa shape index (κ3) is 6.91. The van der Waals surface area contributed by atoms with E-state index in [1.807, 2.05) is 4.90 Å². The zero-order chi connectivity index (χ0) is 24.6. The van der Waals surface area contributed by atoms with Crippen molar-refractivity contribution in [3.8, 4) is 0 Å². The second kappa shape index (κ2) is 12.1. The maximum absolute atomic E-state index is 13.3. The predicted octanol–water partition coefficient (Wildman–Crippen LogP) is 4.61. The van der Waals surface area contributed by atoms with Crippen LogP contribution in [0.3, 0.4) is 0 Å². The number of piperazine rings is 1. The van der Waals surface area contributed by atoms with E-state index >= 15 is 0 Å². The Morgan fingerprint density at radius 1 is 1.00 bits per heavy atom. The SMILES string of the molecule is CCCCCCCCNC(=O)c1nnc(N2CCN(C(=O)c3ccccc3C(F)(F)F)CC2)s1. The number of rotatable bonds is 10. The van der Waals surface area contributed by atoms with Crippen LogP contribution in [-0.2, 0) is 6.18 Å². The molecule has 0 radical (unpaired) electrons. The molecule has 1 aliphatic heterocycles. The van der Waals surface area contributed by atoms with Crippen LogP contribution in [-0.4, -0.2) is 59.6 Å². The molecule has 0 aliphatic carbocycles. The summed E-state index contributed by atoms with van der Waals surface area (Å²) in [5.74, 6) is -0.894. The first-order valence-corrected chi connectivity index (χ1v) is 12.4. The molecule has 1 aromatic heterocycles. The van der Waals surface area contributed by atoms with Gasteiger partial charge in [0.2, 0.25) is 10.1 Å². The van der Waals surface area contributed by atoms with Crippen molar-refractivity contribution in [2.24, 2.45) is 0 Å². The highest BCUT2D eigenvalue weighted by atomic mass is 32.1. The van der Waals surface area contributed by atoms with Gasteiger partial charge in [0.1, 0.15) is 0 Å². The standard InChI is InChI=1S/C23H30F3N5O2S/c1-2-3-4-5-6-9-12-27-19(32)20-28-29-22(34-20)31-15-13-30(14-16-31)21(33)17-10-7-8-11-18(17)23(24,25)26/h7-8,10-11H,2-6,9,12-16H2,1H3,(H,27,32). The van der Waals surface area contributed by atoms with Crippen molar-refractivity contribution in [1.82, 2.24) is 20.4 Å². The van der Waals surface area contributed by atoms with E-state index in [0.29, 0.717) is 24.8 Å². The van der Waals surface area contributed by atoms with E-state index in [2.05, 4.69) is 22.4 Å². The van der Waals surface area contributed by atoms with Gasteiger partial charge in [-0.1, -0.05) is 62.5 Å². The molecule has 2 heterocycles. The maximum atomic E-state index is 13.3. The van der Waals surface area contributed by atoms with E-state index < -0.39 is 17.6 Å². The van der Waals surface area contributed by atoms with E-state index in [4.69, 9.17) is 0 Å². The summed E-state index contributed by atoms with van der Waals surface area (Å²) in [6.45, 7) is 4.07. The lowest BCUT2D eigenvalue weighted by Gasteiger charge is -2.34. The van der Waals surface area contributed by atoms with Gasteiger partial charge in [-0.2, -0.15) is 13.2 Å². The summed E-state index contributed by atoms with van der Waals surface area (Å²) >= 11 is 1.17. The number of carbonyl (C=O) groups is 2. The normalized spacial score (nSPS) is 14.4. The van der Waals surface area contributed by atoms with E-state index in [1.165, 1.54) is 60.1 Å². The van der Waals surface area contributed by atoms with Gasteiger partial charge in [-0.3, -0.25) is 9.59 Å². The van der Waals surface area contributed by atoms with Gasteiger partial charge in [-0.25, -0.2) is 0 Å². The van der Waals surface area contributed by atoms with Crippen LogP contribution in [0.4, 0.5) is 18.3 Å².